The number of hydrogen-bond donors (Lipinski definition) is 2. The van der Waals surface area contributed by atoms with E-state index in [1.165, 1.54) is 13.2 Å². The first-order chi connectivity index (χ1) is 7.95. The molecular formula is C11H14BrFN2O2. The molecule has 1 aromatic carbocycles. The first kappa shape index (κ1) is 13.9. The van der Waals surface area contributed by atoms with Crippen molar-refractivity contribution < 1.29 is 13.9 Å². The molecule has 1 rings (SSSR count). The van der Waals surface area contributed by atoms with Gasteiger partial charge in [0.05, 0.1) is 11.6 Å². The number of rotatable bonds is 5. The van der Waals surface area contributed by atoms with E-state index in [4.69, 9.17) is 16.2 Å². The summed E-state index contributed by atoms with van der Waals surface area (Å²) < 4.78 is 18.6. The van der Waals surface area contributed by atoms with Crippen molar-refractivity contribution in [3.63, 3.8) is 0 Å². The zero-order valence-corrected chi connectivity index (χ0v) is 11.0. The van der Waals surface area contributed by atoms with Crippen LogP contribution in [0, 0.1) is 5.82 Å². The molecule has 1 amide bonds. The van der Waals surface area contributed by atoms with Crippen LogP contribution in [-0.2, 0) is 4.79 Å². The normalized spacial score (nSPS) is 12.2. The van der Waals surface area contributed by atoms with Gasteiger partial charge in [-0.05, 0) is 28.4 Å². The van der Waals surface area contributed by atoms with E-state index in [0.29, 0.717) is 22.2 Å². The zero-order valence-electron chi connectivity index (χ0n) is 9.37. The summed E-state index contributed by atoms with van der Waals surface area (Å²) in [6, 6.07) is 2.39. The summed E-state index contributed by atoms with van der Waals surface area (Å²) in [5.41, 5.74) is 11.6. The minimum Gasteiger partial charge on any atom is -0.496 e. The highest BCUT2D eigenvalue weighted by Crippen LogP contribution is 2.31. The average Bonchev–Trinajstić information content (AvgIpc) is 2.28. The summed E-state index contributed by atoms with van der Waals surface area (Å²) in [7, 11) is 1.44. The van der Waals surface area contributed by atoms with E-state index >= 15 is 0 Å². The highest BCUT2D eigenvalue weighted by Gasteiger charge is 2.15. The molecule has 1 aromatic rings. The molecule has 0 aromatic heterocycles. The van der Waals surface area contributed by atoms with Gasteiger partial charge in [-0.2, -0.15) is 0 Å². The minimum atomic E-state index is -0.423. The summed E-state index contributed by atoms with van der Waals surface area (Å²) in [4.78, 5) is 10.7. The summed E-state index contributed by atoms with van der Waals surface area (Å²) in [6.07, 6.45) is 0.573. The summed E-state index contributed by atoms with van der Waals surface area (Å²) >= 11 is 3.08. The number of methoxy groups -OCH3 is 1. The van der Waals surface area contributed by atoms with Gasteiger partial charge < -0.3 is 16.2 Å². The Labute approximate surface area is 107 Å². The van der Waals surface area contributed by atoms with Crippen molar-refractivity contribution in [3.8, 4) is 5.75 Å². The lowest BCUT2D eigenvalue weighted by atomic mass is 10.0. The second-order valence-electron chi connectivity index (χ2n) is 3.62. The van der Waals surface area contributed by atoms with E-state index in [0.717, 1.165) is 0 Å². The second-order valence-corrected chi connectivity index (χ2v) is 4.47. The monoisotopic (exact) mass is 304 g/mol. The van der Waals surface area contributed by atoms with Crippen LogP contribution in [0.25, 0.3) is 0 Å². The zero-order chi connectivity index (χ0) is 13.0. The van der Waals surface area contributed by atoms with Crippen LogP contribution in [-0.4, -0.2) is 13.0 Å². The van der Waals surface area contributed by atoms with E-state index in [2.05, 4.69) is 15.9 Å². The third kappa shape index (κ3) is 3.67. The van der Waals surface area contributed by atoms with Crippen molar-refractivity contribution in [3.05, 3.63) is 28.0 Å². The number of hydrogen-bond acceptors (Lipinski definition) is 3. The fraction of sp³-hybridized carbons (Fsp3) is 0.364. The summed E-state index contributed by atoms with van der Waals surface area (Å²) in [5, 5.41) is 0. The van der Waals surface area contributed by atoms with Gasteiger partial charge in [-0.1, -0.05) is 0 Å². The van der Waals surface area contributed by atoms with Gasteiger partial charge in [-0.15, -0.1) is 0 Å². The van der Waals surface area contributed by atoms with Crippen LogP contribution in [0.5, 0.6) is 5.75 Å². The number of carbonyl (C=O) groups is 1. The Morgan fingerprint density at radius 1 is 1.59 bits per heavy atom. The third-order valence-electron chi connectivity index (χ3n) is 2.37. The molecule has 0 bridgehead atoms. The Hall–Kier alpha value is -1.14. The molecule has 0 aliphatic heterocycles. The lowest BCUT2D eigenvalue weighted by Gasteiger charge is -2.15. The molecule has 0 aliphatic carbocycles. The fourth-order valence-corrected chi connectivity index (χ4v) is 1.82. The lowest BCUT2D eigenvalue weighted by Crippen LogP contribution is -2.17. The number of benzene rings is 1. The molecule has 0 aliphatic rings. The molecule has 4 N–H and O–H groups in total. The Morgan fingerprint density at radius 3 is 2.76 bits per heavy atom. The van der Waals surface area contributed by atoms with Crippen LogP contribution in [0.3, 0.4) is 0 Å². The van der Waals surface area contributed by atoms with Gasteiger partial charge >= 0.3 is 0 Å². The Bertz CT molecular complexity index is 426. The third-order valence-corrected chi connectivity index (χ3v) is 2.98. The standard InChI is InChI=1S/C11H14BrFN2O2/c1-17-10-5-8(13)7(12)4-6(10)9(14)2-3-11(15)16/h4-5,9H,2-3,14H2,1H3,(H2,15,16). The van der Waals surface area contributed by atoms with Crippen LogP contribution < -0.4 is 16.2 Å². The number of ether oxygens (including phenoxy) is 1. The summed E-state index contributed by atoms with van der Waals surface area (Å²) in [6.45, 7) is 0. The quantitative estimate of drug-likeness (QED) is 0.871. The number of halogens is 2. The molecule has 6 heteroatoms. The summed E-state index contributed by atoms with van der Waals surface area (Å²) in [5.74, 6) is -0.476. The van der Waals surface area contributed by atoms with Gasteiger partial charge in [-0.25, -0.2) is 4.39 Å². The smallest absolute Gasteiger partial charge is 0.217 e. The van der Waals surface area contributed by atoms with Crippen molar-refractivity contribution in [1.82, 2.24) is 0 Å². The van der Waals surface area contributed by atoms with Gasteiger partial charge in [-0.3, -0.25) is 4.79 Å². The van der Waals surface area contributed by atoms with Crippen LogP contribution in [0.2, 0.25) is 0 Å². The molecule has 4 nitrogen and oxygen atoms in total. The van der Waals surface area contributed by atoms with Gasteiger partial charge in [0.15, 0.2) is 0 Å². The number of primary amides is 1. The molecule has 1 atom stereocenters. The van der Waals surface area contributed by atoms with E-state index in [-0.39, 0.29) is 6.42 Å². The average molecular weight is 305 g/mol. The van der Waals surface area contributed by atoms with Gasteiger partial charge in [0.1, 0.15) is 11.6 Å². The molecule has 1 unspecified atom stereocenters. The first-order valence-electron chi connectivity index (χ1n) is 5.02. The van der Waals surface area contributed by atoms with E-state index in [1.54, 1.807) is 6.07 Å². The van der Waals surface area contributed by atoms with Crippen molar-refractivity contribution in [2.45, 2.75) is 18.9 Å². The number of amides is 1. The highest BCUT2D eigenvalue weighted by molar-refractivity contribution is 9.10. The Balaban J connectivity index is 2.95. The van der Waals surface area contributed by atoms with Crippen molar-refractivity contribution >= 4 is 21.8 Å². The molecule has 0 radical (unpaired) electrons. The maximum absolute atomic E-state index is 13.3. The predicted molar refractivity (Wildman–Crippen MR) is 66.0 cm³/mol. The molecule has 0 saturated heterocycles. The topological polar surface area (TPSA) is 78.3 Å². The molecule has 94 valence electrons. The van der Waals surface area contributed by atoms with Gasteiger partial charge in [0, 0.05) is 24.1 Å². The van der Waals surface area contributed by atoms with Crippen LogP contribution in [0.4, 0.5) is 4.39 Å². The largest absolute Gasteiger partial charge is 0.496 e. The second kappa shape index (κ2) is 5.97. The number of nitrogens with two attached hydrogens (primary N) is 2. The SMILES string of the molecule is COc1cc(F)c(Br)cc1C(N)CCC(N)=O. The Kier molecular flexibility index (Phi) is 4.89. The van der Waals surface area contributed by atoms with Crippen molar-refractivity contribution in [2.24, 2.45) is 11.5 Å². The van der Waals surface area contributed by atoms with Crippen molar-refractivity contribution in [2.75, 3.05) is 7.11 Å². The molecule has 0 heterocycles. The highest BCUT2D eigenvalue weighted by atomic mass is 79.9. The van der Waals surface area contributed by atoms with E-state index in [1.807, 2.05) is 0 Å². The van der Waals surface area contributed by atoms with E-state index in [9.17, 15) is 9.18 Å². The van der Waals surface area contributed by atoms with Crippen molar-refractivity contribution in [1.29, 1.82) is 0 Å². The molecule has 0 spiro atoms. The molecule has 0 saturated carbocycles. The molecule has 0 fully saturated rings. The first-order valence-corrected chi connectivity index (χ1v) is 5.81. The maximum atomic E-state index is 13.3. The predicted octanol–water partition coefficient (Wildman–Crippen LogP) is 1.86. The van der Waals surface area contributed by atoms with Gasteiger partial charge in [0.25, 0.3) is 0 Å². The minimum absolute atomic E-state index is 0.180. The maximum Gasteiger partial charge on any atom is 0.217 e. The van der Waals surface area contributed by atoms with Crippen LogP contribution in [0.1, 0.15) is 24.4 Å². The Morgan fingerprint density at radius 2 is 2.24 bits per heavy atom. The fourth-order valence-electron chi connectivity index (χ4n) is 1.46. The number of carbonyl (C=O) groups excluding carboxylic acids is 1. The van der Waals surface area contributed by atoms with Crippen LogP contribution >= 0.6 is 15.9 Å². The van der Waals surface area contributed by atoms with E-state index < -0.39 is 17.8 Å². The van der Waals surface area contributed by atoms with Gasteiger partial charge in [0.2, 0.25) is 5.91 Å². The lowest BCUT2D eigenvalue weighted by molar-refractivity contribution is -0.118. The molecular weight excluding hydrogens is 291 g/mol. The van der Waals surface area contributed by atoms with Crippen LogP contribution in [0.15, 0.2) is 16.6 Å². The molecule has 17 heavy (non-hydrogen) atoms.